The minimum atomic E-state index is -0.613. The number of nitro benzene ring substituents is 1. The highest BCUT2D eigenvalue weighted by molar-refractivity contribution is 7.99. The number of nitro groups is 1. The SMILES string of the molecule is CCn1c(CNc2ccc(F)cc2)nnc1SCC(=O)Nc1ccc(Cl)c([N+](=O)[O-])c1. The Kier molecular flexibility index (Phi) is 7.42. The fourth-order valence-corrected chi connectivity index (χ4v) is 3.69. The molecule has 162 valence electrons. The van der Waals surface area contributed by atoms with Crippen LogP contribution in [0.2, 0.25) is 5.02 Å². The van der Waals surface area contributed by atoms with Gasteiger partial charge in [0.1, 0.15) is 10.8 Å². The number of aromatic nitrogens is 3. The van der Waals surface area contributed by atoms with Crippen molar-refractivity contribution in [2.75, 3.05) is 16.4 Å². The maximum absolute atomic E-state index is 13.0. The summed E-state index contributed by atoms with van der Waals surface area (Å²) >= 11 is 6.98. The summed E-state index contributed by atoms with van der Waals surface area (Å²) in [6, 6.07) is 10.0. The van der Waals surface area contributed by atoms with Crippen molar-refractivity contribution in [1.82, 2.24) is 14.8 Å². The largest absolute Gasteiger partial charge is 0.378 e. The lowest BCUT2D eigenvalue weighted by molar-refractivity contribution is -0.384. The molecule has 31 heavy (non-hydrogen) atoms. The van der Waals surface area contributed by atoms with E-state index in [0.29, 0.717) is 24.1 Å². The normalized spacial score (nSPS) is 10.7. The summed E-state index contributed by atoms with van der Waals surface area (Å²) < 4.78 is 14.9. The third-order valence-corrected chi connectivity index (χ3v) is 5.45. The zero-order valence-corrected chi connectivity index (χ0v) is 17.9. The maximum atomic E-state index is 13.0. The van der Waals surface area contributed by atoms with Crippen LogP contribution in [-0.4, -0.2) is 31.3 Å². The minimum absolute atomic E-state index is 0.00445. The lowest BCUT2D eigenvalue weighted by atomic mass is 10.3. The van der Waals surface area contributed by atoms with Gasteiger partial charge in [-0.1, -0.05) is 23.4 Å². The summed E-state index contributed by atoms with van der Waals surface area (Å²) in [6.45, 7) is 2.91. The zero-order chi connectivity index (χ0) is 22.4. The first-order chi connectivity index (χ1) is 14.9. The number of thioether (sulfide) groups is 1. The Balaban J connectivity index is 1.58. The van der Waals surface area contributed by atoms with Crippen LogP contribution in [0.1, 0.15) is 12.7 Å². The molecule has 3 rings (SSSR count). The van der Waals surface area contributed by atoms with E-state index >= 15 is 0 Å². The van der Waals surface area contributed by atoms with Crippen LogP contribution in [0.25, 0.3) is 0 Å². The molecule has 0 saturated heterocycles. The molecule has 1 heterocycles. The lowest BCUT2D eigenvalue weighted by Gasteiger charge is -2.09. The smallest absolute Gasteiger partial charge is 0.289 e. The van der Waals surface area contributed by atoms with E-state index in [1.807, 2.05) is 11.5 Å². The van der Waals surface area contributed by atoms with Crippen molar-refractivity contribution >= 4 is 46.3 Å². The fourth-order valence-electron chi connectivity index (χ4n) is 2.68. The second-order valence-corrected chi connectivity index (χ2v) is 7.61. The van der Waals surface area contributed by atoms with E-state index in [4.69, 9.17) is 11.6 Å². The van der Waals surface area contributed by atoms with Gasteiger partial charge < -0.3 is 15.2 Å². The van der Waals surface area contributed by atoms with Gasteiger partial charge in [0.25, 0.3) is 5.69 Å². The molecule has 0 aliphatic carbocycles. The highest BCUT2D eigenvalue weighted by atomic mass is 35.5. The standard InChI is InChI=1S/C19H18ClFN6O3S/c1-2-26-17(10-22-13-5-3-12(21)4-6-13)24-25-19(26)31-11-18(28)23-14-7-8-15(20)16(9-14)27(29)30/h3-9,22H,2,10-11H2,1H3,(H,23,28). The van der Waals surface area contributed by atoms with Gasteiger partial charge in [-0.05, 0) is 43.3 Å². The third kappa shape index (κ3) is 5.92. The van der Waals surface area contributed by atoms with Gasteiger partial charge in [0.05, 0.1) is 17.2 Å². The first kappa shape index (κ1) is 22.5. The molecule has 1 aromatic heterocycles. The maximum Gasteiger partial charge on any atom is 0.289 e. The molecule has 0 bridgehead atoms. The second kappa shape index (κ2) is 10.2. The van der Waals surface area contributed by atoms with E-state index < -0.39 is 4.92 Å². The highest BCUT2D eigenvalue weighted by Crippen LogP contribution is 2.27. The van der Waals surface area contributed by atoms with Gasteiger partial charge in [-0.3, -0.25) is 14.9 Å². The molecule has 3 aromatic rings. The molecule has 0 radical (unpaired) electrons. The Morgan fingerprint density at radius 2 is 1.94 bits per heavy atom. The van der Waals surface area contributed by atoms with E-state index in [0.717, 1.165) is 5.69 Å². The molecule has 0 aliphatic heterocycles. The van der Waals surface area contributed by atoms with Crippen LogP contribution < -0.4 is 10.6 Å². The molecule has 2 N–H and O–H groups in total. The van der Waals surface area contributed by atoms with Gasteiger partial charge in [0.2, 0.25) is 5.91 Å². The Hall–Kier alpha value is -3.18. The van der Waals surface area contributed by atoms with Crippen molar-refractivity contribution < 1.29 is 14.1 Å². The van der Waals surface area contributed by atoms with Crippen LogP contribution in [0.3, 0.4) is 0 Å². The minimum Gasteiger partial charge on any atom is -0.378 e. The van der Waals surface area contributed by atoms with Crippen LogP contribution >= 0.6 is 23.4 Å². The molecular formula is C19H18ClFN6O3S. The van der Waals surface area contributed by atoms with Crippen molar-refractivity contribution in [3.05, 3.63) is 69.2 Å². The van der Waals surface area contributed by atoms with Crippen LogP contribution in [-0.2, 0) is 17.9 Å². The Morgan fingerprint density at radius 3 is 2.61 bits per heavy atom. The van der Waals surface area contributed by atoms with E-state index in [1.54, 1.807) is 12.1 Å². The molecule has 9 nitrogen and oxygen atoms in total. The van der Waals surface area contributed by atoms with E-state index in [9.17, 15) is 19.3 Å². The van der Waals surface area contributed by atoms with Gasteiger partial charge in [-0.25, -0.2) is 4.39 Å². The molecule has 0 spiro atoms. The fraction of sp³-hybridized carbons (Fsp3) is 0.211. The molecule has 2 aromatic carbocycles. The first-order valence-electron chi connectivity index (χ1n) is 9.15. The average Bonchev–Trinajstić information content (AvgIpc) is 3.15. The summed E-state index contributed by atoms with van der Waals surface area (Å²) in [6.07, 6.45) is 0. The van der Waals surface area contributed by atoms with Crippen LogP contribution in [0.5, 0.6) is 0 Å². The quantitative estimate of drug-likeness (QED) is 0.275. The summed E-state index contributed by atoms with van der Waals surface area (Å²) in [5.41, 5.74) is 0.747. The van der Waals surface area contributed by atoms with E-state index in [-0.39, 0.29) is 33.9 Å². The van der Waals surface area contributed by atoms with Crippen molar-refractivity contribution in [3.8, 4) is 0 Å². The van der Waals surface area contributed by atoms with Gasteiger partial charge in [0.15, 0.2) is 11.0 Å². The highest BCUT2D eigenvalue weighted by Gasteiger charge is 2.16. The summed E-state index contributed by atoms with van der Waals surface area (Å²) in [4.78, 5) is 22.6. The summed E-state index contributed by atoms with van der Waals surface area (Å²) in [7, 11) is 0. The number of hydrogen-bond donors (Lipinski definition) is 2. The van der Waals surface area contributed by atoms with E-state index in [2.05, 4.69) is 20.8 Å². The van der Waals surface area contributed by atoms with E-state index in [1.165, 1.54) is 42.1 Å². The predicted octanol–water partition coefficient (Wildman–Crippen LogP) is 4.34. The first-order valence-corrected chi connectivity index (χ1v) is 10.5. The van der Waals surface area contributed by atoms with Gasteiger partial charge in [-0.15, -0.1) is 10.2 Å². The zero-order valence-electron chi connectivity index (χ0n) is 16.3. The molecule has 0 aliphatic rings. The number of halogens is 2. The number of carbonyl (C=O) groups excluding carboxylic acids is 1. The molecule has 0 fully saturated rings. The van der Waals surface area contributed by atoms with Crippen molar-refractivity contribution in [2.24, 2.45) is 0 Å². The topological polar surface area (TPSA) is 115 Å². The predicted molar refractivity (Wildman–Crippen MR) is 117 cm³/mol. The number of amides is 1. The number of hydrogen-bond acceptors (Lipinski definition) is 7. The molecule has 0 unspecified atom stereocenters. The summed E-state index contributed by atoms with van der Waals surface area (Å²) in [5, 5.41) is 25.6. The van der Waals surface area contributed by atoms with Gasteiger partial charge in [0, 0.05) is 24.0 Å². The number of rotatable bonds is 9. The Bertz CT molecular complexity index is 1090. The number of benzene rings is 2. The number of nitrogens with zero attached hydrogens (tertiary/aromatic N) is 4. The van der Waals surface area contributed by atoms with Crippen molar-refractivity contribution in [3.63, 3.8) is 0 Å². The molecule has 12 heteroatoms. The molecular weight excluding hydrogens is 447 g/mol. The third-order valence-electron chi connectivity index (χ3n) is 4.16. The van der Waals surface area contributed by atoms with Crippen molar-refractivity contribution in [1.29, 1.82) is 0 Å². The number of nitrogens with one attached hydrogen (secondary N) is 2. The average molecular weight is 465 g/mol. The van der Waals surface area contributed by atoms with Gasteiger partial charge in [-0.2, -0.15) is 0 Å². The molecule has 1 amide bonds. The second-order valence-electron chi connectivity index (χ2n) is 6.26. The van der Waals surface area contributed by atoms with Gasteiger partial charge >= 0.3 is 0 Å². The van der Waals surface area contributed by atoms with Crippen LogP contribution in [0.4, 0.5) is 21.5 Å². The Labute approximate surface area is 186 Å². The lowest BCUT2D eigenvalue weighted by Crippen LogP contribution is -2.15. The Morgan fingerprint density at radius 1 is 1.23 bits per heavy atom. The van der Waals surface area contributed by atoms with Crippen LogP contribution in [0, 0.1) is 15.9 Å². The number of carbonyl (C=O) groups is 1. The summed E-state index contributed by atoms with van der Waals surface area (Å²) in [5.74, 6) is 0.0497. The molecule has 0 saturated carbocycles. The number of anilines is 2. The van der Waals surface area contributed by atoms with Crippen molar-refractivity contribution in [2.45, 2.75) is 25.2 Å². The van der Waals surface area contributed by atoms with Crippen LogP contribution in [0.15, 0.2) is 47.6 Å². The molecule has 0 atom stereocenters. The monoisotopic (exact) mass is 464 g/mol.